The molecule has 2 aromatic rings. The Labute approximate surface area is 130 Å². The third-order valence-corrected chi connectivity index (χ3v) is 4.04. The molecule has 0 unspecified atom stereocenters. The predicted octanol–water partition coefficient (Wildman–Crippen LogP) is 4.33. The monoisotopic (exact) mass is 303 g/mol. The summed E-state index contributed by atoms with van der Waals surface area (Å²) in [5.74, 6) is 0.798. The molecule has 1 aromatic heterocycles. The molecule has 21 heavy (non-hydrogen) atoms. The smallest absolute Gasteiger partial charge is 0.261 e. The standard InChI is InChI=1S/C17H21NO2S/c1-11(2)20-15-7-5-6-14(10-15)13(4)18-17(19)16-9-8-12(3)21-16/h5-11,13H,1-4H3,(H,18,19)/t13-/m1/s1. The summed E-state index contributed by atoms with van der Waals surface area (Å²) in [4.78, 5) is 14.1. The second-order valence-electron chi connectivity index (χ2n) is 5.34. The van der Waals surface area contributed by atoms with Crippen molar-refractivity contribution >= 4 is 17.2 Å². The van der Waals surface area contributed by atoms with Crippen molar-refractivity contribution < 1.29 is 9.53 Å². The minimum atomic E-state index is -0.0596. The molecule has 1 amide bonds. The predicted molar refractivity (Wildman–Crippen MR) is 87.1 cm³/mol. The van der Waals surface area contributed by atoms with Gasteiger partial charge in [-0.1, -0.05) is 12.1 Å². The molecule has 0 spiro atoms. The van der Waals surface area contributed by atoms with Gasteiger partial charge in [0.05, 0.1) is 17.0 Å². The van der Waals surface area contributed by atoms with Gasteiger partial charge in [-0.05, 0) is 57.5 Å². The topological polar surface area (TPSA) is 38.3 Å². The first-order chi connectivity index (χ1) is 9.95. The average molecular weight is 303 g/mol. The van der Waals surface area contributed by atoms with Crippen LogP contribution in [0, 0.1) is 6.92 Å². The third-order valence-electron chi connectivity index (χ3n) is 3.04. The normalized spacial score (nSPS) is 12.2. The van der Waals surface area contributed by atoms with Crippen LogP contribution in [0.5, 0.6) is 5.75 Å². The highest BCUT2D eigenvalue weighted by molar-refractivity contribution is 7.13. The zero-order valence-corrected chi connectivity index (χ0v) is 13.7. The van der Waals surface area contributed by atoms with Gasteiger partial charge in [-0.2, -0.15) is 0 Å². The Kier molecular flexibility index (Phi) is 5.02. The van der Waals surface area contributed by atoms with Crippen LogP contribution in [0.4, 0.5) is 0 Å². The first-order valence-electron chi connectivity index (χ1n) is 7.09. The van der Waals surface area contributed by atoms with Crippen molar-refractivity contribution in [1.82, 2.24) is 5.32 Å². The lowest BCUT2D eigenvalue weighted by atomic mass is 10.1. The van der Waals surface area contributed by atoms with Crippen LogP contribution in [-0.4, -0.2) is 12.0 Å². The molecular formula is C17H21NO2S. The fraction of sp³-hybridized carbons (Fsp3) is 0.353. The summed E-state index contributed by atoms with van der Waals surface area (Å²) in [6.45, 7) is 7.97. The molecule has 0 bridgehead atoms. The molecule has 0 radical (unpaired) electrons. The van der Waals surface area contributed by atoms with Gasteiger partial charge in [-0.25, -0.2) is 0 Å². The maximum absolute atomic E-state index is 12.2. The number of ether oxygens (including phenoxy) is 1. The molecule has 0 aliphatic carbocycles. The number of hydrogen-bond donors (Lipinski definition) is 1. The molecule has 0 saturated heterocycles. The summed E-state index contributed by atoms with van der Waals surface area (Å²) < 4.78 is 5.69. The molecular weight excluding hydrogens is 282 g/mol. The van der Waals surface area contributed by atoms with Gasteiger partial charge in [-0.15, -0.1) is 11.3 Å². The van der Waals surface area contributed by atoms with Crippen molar-refractivity contribution in [1.29, 1.82) is 0 Å². The van der Waals surface area contributed by atoms with E-state index in [1.165, 1.54) is 11.3 Å². The molecule has 2 rings (SSSR count). The van der Waals surface area contributed by atoms with Crippen molar-refractivity contribution in [3.05, 3.63) is 51.7 Å². The largest absolute Gasteiger partial charge is 0.491 e. The van der Waals surface area contributed by atoms with Crippen molar-refractivity contribution in [2.24, 2.45) is 0 Å². The van der Waals surface area contributed by atoms with Crippen molar-refractivity contribution in [3.63, 3.8) is 0 Å². The zero-order valence-electron chi connectivity index (χ0n) is 12.8. The average Bonchev–Trinajstić information content (AvgIpc) is 2.85. The molecule has 1 heterocycles. The van der Waals surface area contributed by atoms with E-state index in [0.29, 0.717) is 0 Å². The Morgan fingerprint density at radius 1 is 1.19 bits per heavy atom. The summed E-state index contributed by atoms with van der Waals surface area (Å²) in [6.07, 6.45) is 0.138. The Bertz CT molecular complexity index is 619. The van der Waals surface area contributed by atoms with Gasteiger partial charge in [-0.3, -0.25) is 4.79 Å². The SMILES string of the molecule is Cc1ccc(C(=O)N[C@H](C)c2cccc(OC(C)C)c2)s1. The number of thiophene rings is 1. The lowest BCUT2D eigenvalue weighted by Gasteiger charge is -2.16. The van der Waals surface area contributed by atoms with Crippen LogP contribution in [0.1, 0.15) is 46.9 Å². The van der Waals surface area contributed by atoms with E-state index < -0.39 is 0 Å². The summed E-state index contributed by atoms with van der Waals surface area (Å²) in [5.41, 5.74) is 1.04. The van der Waals surface area contributed by atoms with E-state index in [2.05, 4.69) is 5.32 Å². The first-order valence-corrected chi connectivity index (χ1v) is 7.91. The maximum Gasteiger partial charge on any atom is 0.261 e. The molecule has 0 aliphatic rings. The number of carbonyl (C=O) groups excluding carboxylic acids is 1. The molecule has 0 aliphatic heterocycles. The van der Waals surface area contributed by atoms with Gasteiger partial charge in [0.2, 0.25) is 0 Å². The lowest BCUT2D eigenvalue weighted by molar-refractivity contribution is 0.0944. The number of benzene rings is 1. The minimum Gasteiger partial charge on any atom is -0.491 e. The molecule has 1 N–H and O–H groups in total. The molecule has 0 fully saturated rings. The second kappa shape index (κ2) is 6.76. The number of carbonyl (C=O) groups is 1. The Hall–Kier alpha value is -1.81. The highest BCUT2D eigenvalue weighted by atomic mass is 32.1. The molecule has 1 aromatic carbocycles. The van der Waals surface area contributed by atoms with Crippen molar-refractivity contribution in [3.8, 4) is 5.75 Å². The molecule has 112 valence electrons. The van der Waals surface area contributed by atoms with Crippen molar-refractivity contribution in [2.75, 3.05) is 0 Å². The van der Waals surface area contributed by atoms with E-state index in [0.717, 1.165) is 21.1 Å². The van der Waals surface area contributed by atoms with Crippen LogP contribution < -0.4 is 10.1 Å². The third kappa shape index (κ3) is 4.33. The minimum absolute atomic E-state index is 0.0317. The molecule has 3 nitrogen and oxygen atoms in total. The highest BCUT2D eigenvalue weighted by Gasteiger charge is 2.13. The van der Waals surface area contributed by atoms with E-state index in [-0.39, 0.29) is 18.1 Å². The van der Waals surface area contributed by atoms with Gasteiger partial charge >= 0.3 is 0 Å². The van der Waals surface area contributed by atoms with E-state index in [1.807, 2.05) is 64.1 Å². The van der Waals surface area contributed by atoms with E-state index in [4.69, 9.17) is 4.74 Å². The summed E-state index contributed by atoms with van der Waals surface area (Å²) in [7, 11) is 0. The number of hydrogen-bond acceptors (Lipinski definition) is 3. The van der Waals surface area contributed by atoms with E-state index >= 15 is 0 Å². The zero-order chi connectivity index (χ0) is 15.4. The van der Waals surface area contributed by atoms with Crippen molar-refractivity contribution in [2.45, 2.75) is 39.8 Å². The van der Waals surface area contributed by atoms with Gasteiger partial charge in [0.25, 0.3) is 5.91 Å². The van der Waals surface area contributed by atoms with Crippen LogP contribution in [0.2, 0.25) is 0 Å². The van der Waals surface area contributed by atoms with E-state index in [9.17, 15) is 4.79 Å². The fourth-order valence-electron chi connectivity index (χ4n) is 2.04. The number of aryl methyl sites for hydroxylation is 1. The lowest BCUT2D eigenvalue weighted by Crippen LogP contribution is -2.25. The van der Waals surface area contributed by atoms with Crippen LogP contribution in [0.25, 0.3) is 0 Å². The second-order valence-corrected chi connectivity index (χ2v) is 6.63. The van der Waals surface area contributed by atoms with E-state index in [1.54, 1.807) is 0 Å². The number of nitrogens with one attached hydrogen (secondary N) is 1. The van der Waals surface area contributed by atoms with Gasteiger partial charge in [0.1, 0.15) is 5.75 Å². The van der Waals surface area contributed by atoms with Gasteiger partial charge in [0, 0.05) is 4.88 Å². The number of rotatable bonds is 5. The Balaban J connectivity index is 2.06. The summed E-state index contributed by atoms with van der Waals surface area (Å²) in [5, 5.41) is 3.02. The van der Waals surface area contributed by atoms with Gasteiger partial charge < -0.3 is 10.1 Å². The van der Waals surface area contributed by atoms with Crippen LogP contribution in [0.15, 0.2) is 36.4 Å². The maximum atomic E-state index is 12.2. The molecule has 1 atom stereocenters. The molecule has 0 saturated carbocycles. The van der Waals surface area contributed by atoms with Gasteiger partial charge in [0.15, 0.2) is 0 Å². The molecule has 4 heteroatoms. The Morgan fingerprint density at radius 2 is 1.95 bits per heavy atom. The van der Waals surface area contributed by atoms with Crippen LogP contribution in [0.3, 0.4) is 0 Å². The van der Waals surface area contributed by atoms with Crippen LogP contribution >= 0.6 is 11.3 Å². The fourth-order valence-corrected chi connectivity index (χ4v) is 2.81. The highest BCUT2D eigenvalue weighted by Crippen LogP contribution is 2.21. The first kappa shape index (κ1) is 15.6. The summed E-state index contributed by atoms with van der Waals surface area (Å²) >= 11 is 1.51. The summed E-state index contributed by atoms with van der Waals surface area (Å²) in [6, 6.07) is 11.6. The number of amides is 1. The van der Waals surface area contributed by atoms with Crippen LogP contribution in [-0.2, 0) is 0 Å². The quantitative estimate of drug-likeness (QED) is 0.892. The Morgan fingerprint density at radius 3 is 2.57 bits per heavy atom.